The Morgan fingerprint density at radius 3 is 3.05 bits per heavy atom. The molecule has 1 fully saturated rings. The van der Waals surface area contributed by atoms with Crippen molar-refractivity contribution in [3.05, 3.63) is 26.9 Å². The Morgan fingerprint density at radius 2 is 2.42 bits per heavy atom. The number of hydrogen-bond acceptors (Lipinski definition) is 6. The van der Waals surface area contributed by atoms with E-state index in [1.807, 2.05) is 0 Å². The molecule has 0 spiro atoms. The standard InChI is InChI=1S/C10H11BrN4O4/c11-6-3-7(15(18)19)9(13-4-6)14-2-1-12-5-8(14)10(16)17/h3-4,8,12H,1-2,5H2,(H,16,17). The number of rotatable bonds is 3. The quantitative estimate of drug-likeness (QED) is 0.617. The number of carboxylic acid groups (broad SMARTS) is 1. The van der Waals surface area contributed by atoms with Gasteiger partial charge in [-0.2, -0.15) is 0 Å². The van der Waals surface area contributed by atoms with Crippen LogP contribution in [0.5, 0.6) is 0 Å². The van der Waals surface area contributed by atoms with Gasteiger partial charge in [0, 0.05) is 36.4 Å². The van der Waals surface area contributed by atoms with E-state index in [0.29, 0.717) is 17.6 Å². The molecule has 2 N–H and O–H groups in total. The number of pyridine rings is 1. The molecule has 9 heteroatoms. The number of nitro groups is 1. The van der Waals surface area contributed by atoms with E-state index in [2.05, 4.69) is 26.2 Å². The topological polar surface area (TPSA) is 109 Å². The maximum atomic E-state index is 11.2. The van der Waals surface area contributed by atoms with Crippen LogP contribution in [-0.4, -0.2) is 46.7 Å². The minimum atomic E-state index is -1.04. The van der Waals surface area contributed by atoms with Gasteiger partial charge in [-0.3, -0.25) is 10.1 Å². The van der Waals surface area contributed by atoms with E-state index in [1.54, 1.807) is 0 Å². The highest BCUT2D eigenvalue weighted by atomic mass is 79.9. The number of nitrogens with one attached hydrogen (secondary N) is 1. The number of hydrogen-bond donors (Lipinski definition) is 2. The first-order valence-electron chi connectivity index (χ1n) is 5.51. The van der Waals surface area contributed by atoms with Gasteiger partial charge in [0.05, 0.1) is 4.92 Å². The van der Waals surface area contributed by atoms with Crippen molar-refractivity contribution in [3.8, 4) is 0 Å². The van der Waals surface area contributed by atoms with E-state index >= 15 is 0 Å². The molecule has 1 saturated heterocycles. The van der Waals surface area contributed by atoms with Crippen LogP contribution in [0.2, 0.25) is 0 Å². The summed E-state index contributed by atoms with van der Waals surface area (Å²) in [4.78, 5) is 27.1. The molecule has 19 heavy (non-hydrogen) atoms. The molecular weight excluding hydrogens is 320 g/mol. The van der Waals surface area contributed by atoms with Crippen molar-refractivity contribution in [2.24, 2.45) is 0 Å². The first-order valence-corrected chi connectivity index (χ1v) is 6.30. The van der Waals surface area contributed by atoms with Gasteiger partial charge in [0.1, 0.15) is 6.04 Å². The molecule has 0 aliphatic carbocycles. The van der Waals surface area contributed by atoms with Gasteiger partial charge >= 0.3 is 11.7 Å². The molecule has 8 nitrogen and oxygen atoms in total. The fraction of sp³-hybridized carbons (Fsp3) is 0.400. The number of carboxylic acids is 1. The lowest BCUT2D eigenvalue weighted by Crippen LogP contribution is -2.55. The van der Waals surface area contributed by atoms with Gasteiger partial charge < -0.3 is 15.3 Å². The van der Waals surface area contributed by atoms with Gasteiger partial charge in [-0.15, -0.1) is 0 Å². The van der Waals surface area contributed by atoms with Crippen molar-refractivity contribution in [3.63, 3.8) is 0 Å². The molecule has 0 amide bonds. The lowest BCUT2D eigenvalue weighted by Gasteiger charge is -2.33. The van der Waals surface area contributed by atoms with Crippen molar-refractivity contribution in [1.82, 2.24) is 10.3 Å². The largest absolute Gasteiger partial charge is 0.480 e. The third-order valence-electron chi connectivity index (χ3n) is 2.81. The van der Waals surface area contributed by atoms with Crippen molar-refractivity contribution in [2.45, 2.75) is 6.04 Å². The summed E-state index contributed by atoms with van der Waals surface area (Å²) in [5, 5.41) is 23.2. The van der Waals surface area contributed by atoms with E-state index in [-0.39, 0.29) is 18.1 Å². The maximum absolute atomic E-state index is 11.2. The highest BCUT2D eigenvalue weighted by Crippen LogP contribution is 2.30. The van der Waals surface area contributed by atoms with Crippen molar-refractivity contribution < 1.29 is 14.8 Å². The van der Waals surface area contributed by atoms with E-state index in [9.17, 15) is 14.9 Å². The number of halogens is 1. The molecule has 0 radical (unpaired) electrons. The van der Waals surface area contributed by atoms with Crippen LogP contribution >= 0.6 is 15.9 Å². The Morgan fingerprint density at radius 1 is 1.68 bits per heavy atom. The first-order chi connectivity index (χ1) is 9.00. The zero-order valence-corrected chi connectivity index (χ0v) is 11.3. The summed E-state index contributed by atoms with van der Waals surface area (Å²) in [5.41, 5.74) is -0.206. The van der Waals surface area contributed by atoms with Crippen molar-refractivity contribution in [2.75, 3.05) is 24.5 Å². The summed E-state index contributed by atoms with van der Waals surface area (Å²) in [7, 11) is 0. The molecular formula is C10H11BrN4O4. The second kappa shape index (κ2) is 5.49. The number of anilines is 1. The summed E-state index contributed by atoms with van der Waals surface area (Å²) in [6, 6.07) is 0.463. The third kappa shape index (κ3) is 2.82. The summed E-state index contributed by atoms with van der Waals surface area (Å²) in [6.45, 7) is 1.13. The van der Waals surface area contributed by atoms with Crippen LogP contribution in [0.3, 0.4) is 0 Å². The Bertz CT molecular complexity index is 524. The number of piperazine rings is 1. The van der Waals surface area contributed by atoms with Crippen LogP contribution in [-0.2, 0) is 4.79 Å². The van der Waals surface area contributed by atoms with Gasteiger partial charge in [-0.1, -0.05) is 0 Å². The highest BCUT2D eigenvalue weighted by molar-refractivity contribution is 9.10. The van der Waals surface area contributed by atoms with E-state index in [0.717, 1.165) is 0 Å². The van der Waals surface area contributed by atoms with E-state index < -0.39 is 16.9 Å². The lowest BCUT2D eigenvalue weighted by molar-refractivity contribution is -0.384. The molecule has 2 rings (SSSR count). The van der Waals surface area contributed by atoms with Gasteiger partial charge in [-0.05, 0) is 15.9 Å². The molecule has 2 heterocycles. The molecule has 0 bridgehead atoms. The number of carbonyl (C=O) groups is 1. The minimum absolute atomic E-state index is 0.0853. The number of aromatic nitrogens is 1. The molecule has 0 saturated carbocycles. The predicted molar refractivity (Wildman–Crippen MR) is 70.2 cm³/mol. The van der Waals surface area contributed by atoms with E-state index in [1.165, 1.54) is 17.2 Å². The average Bonchev–Trinajstić information content (AvgIpc) is 2.38. The second-order valence-corrected chi connectivity index (χ2v) is 4.92. The Labute approximate surface area is 116 Å². The molecule has 0 aromatic carbocycles. The van der Waals surface area contributed by atoms with Gasteiger partial charge in [0.2, 0.25) is 5.82 Å². The third-order valence-corrected chi connectivity index (χ3v) is 3.24. The average molecular weight is 331 g/mol. The fourth-order valence-corrected chi connectivity index (χ4v) is 2.27. The monoisotopic (exact) mass is 330 g/mol. The highest BCUT2D eigenvalue weighted by Gasteiger charge is 2.33. The number of nitrogens with zero attached hydrogens (tertiary/aromatic N) is 3. The summed E-state index contributed by atoms with van der Waals surface area (Å²) in [6.07, 6.45) is 1.42. The molecule has 1 aromatic rings. The number of aliphatic carboxylic acids is 1. The zero-order valence-electron chi connectivity index (χ0n) is 9.74. The molecule has 1 unspecified atom stereocenters. The minimum Gasteiger partial charge on any atom is -0.480 e. The molecule has 1 atom stereocenters. The maximum Gasteiger partial charge on any atom is 0.327 e. The van der Waals surface area contributed by atoms with Crippen LogP contribution in [0.4, 0.5) is 11.5 Å². The van der Waals surface area contributed by atoms with Crippen LogP contribution in [0, 0.1) is 10.1 Å². The molecule has 1 aliphatic heterocycles. The van der Waals surface area contributed by atoms with Gasteiger partial charge in [0.25, 0.3) is 0 Å². The van der Waals surface area contributed by atoms with Crippen LogP contribution in [0.15, 0.2) is 16.7 Å². The first kappa shape index (κ1) is 13.7. The van der Waals surface area contributed by atoms with Crippen molar-refractivity contribution >= 4 is 33.4 Å². The fourth-order valence-electron chi connectivity index (χ4n) is 1.96. The van der Waals surface area contributed by atoms with Crippen LogP contribution < -0.4 is 10.2 Å². The van der Waals surface area contributed by atoms with Crippen molar-refractivity contribution in [1.29, 1.82) is 0 Å². The Kier molecular flexibility index (Phi) is 3.96. The lowest BCUT2D eigenvalue weighted by atomic mass is 10.2. The SMILES string of the molecule is O=C(O)C1CNCCN1c1ncc(Br)cc1[N+](=O)[O-]. The van der Waals surface area contributed by atoms with Crippen LogP contribution in [0.25, 0.3) is 0 Å². The second-order valence-electron chi connectivity index (χ2n) is 4.00. The van der Waals surface area contributed by atoms with Crippen LogP contribution in [0.1, 0.15) is 0 Å². The van der Waals surface area contributed by atoms with E-state index in [4.69, 9.17) is 5.11 Å². The molecule has 102 valence electrons. The summed E-state index contributed by atoms with van der Waals surface area (Å²) < 4.78 is 0.477. The smallest absolute Gasteiger partial charge is 0.327 e. The zero-order chi connectivity index (χ0) is 14.0. The van der Waals surface area contributed by atoms with Gasteiger partial charge in [-0.25, -0.2) is 9.78 Å². The normalized spacial score (nSPS) is 19.2. The summed E-state index contributed by atoms with van der Waals surface area (Å²) in [5.74, 6) is -0.951. The van der Waals surface area contributed by atoms with Gasteiger partial charge in [0.15, 0.2) is 0 Å². The summed E-state index contributed by atoms with van der Waals surface area (Å²) >= 11 is 3.12. The predicted octanol–water partition coefficient (Wildman–Crippen LogP) is 0.615. The molecule has 1 aliphatic rings. The Hall–Kier alpha value is -1.74. The Balaban J connectivity index is 2.44. The molecule has 1 aromatic heterocycles.